The molecule has 2 aromatic heterocycles. The number of hydrogen-bond donors (Lipinski definition) is 1. The second-order valence-electron chi connectivity index (χ2n) is 6.33. The Morgan fingerprint density at radius 3 is 2.96 bits per heavy atom. The Hall–Kier alpha value is -2.01. The third-order valence-electron chi connectivity index (χ3n) is 4.58. The minimum absolute atomic E-state index is 0.0466. The Bertz CT molecular complexity index is 632. The monoisotopic (exact) mass is 316 g/mol. The highest BCUT2D eigenvalue weighted by Gasteiger charge is 2.29. The number of carbonyl (C=O) groups is 1. The molecule has 0 unspecified atom stereocenters. The van der Waals surface area contributed by atoms with E-state index in [4.69, 9.17) is 4.42 Å². The summed E-state index contributed by atoms with van der Waals surface area (Å²) in [5.41, 5.74) is 0.715. The van der Waals surface area contributed by atoms with Gasteiger partial charge in [0.15, 0.2) is 0 Å². The number of hydrogen-bond acceptors (Lipinski definition) is 3. The van der Waals surface area contributed by atoms with Gasteiger partial charge in [0.2, 0.25) is 0 Å². The first kappa shape index (κ1) is 15.9. The van der Waals surface area contributed by atoms with Crippen molar-refractivity contribution in [2.45, 2.75) is 44.2 Å². The van der Waals surface area contributed by atoms with Gasteiger partial charge in [0, 0.05) is 38.4 Å². The number of aryl methyl sites for hydroxylation is 1. The molecule has 0 aliphatic carbocycles. The fourth-order valence-electron chi connectivity index (χ4n) is 3.34. The van der Waals surface area contributed by atoms with Crippen molar-refractivity contribution in [3.05, 3.63) is 48.2 Å². The average molecular weight is 316 g/mol. The van der Waals surface area contributed by atoms with Crippen molar-refractivity contribution in [3.8, 4) is 0 Å². The predicted molar refractivity (Wildman–Crippen MR) is 87.0 cm³/mol. The van der Waals surface area contributed by atoms with E-state index in [0.29, 0.717) is 17.7 Å². The molecule has 1 N–H and O–H groups in total. The minimum Gasteiger partial charge on any atom is -0.467 e. The maximum Gasteiger partial charge on any atom is 0.255 e. The van der Waals surface area contributed by atoms with Gasteiger partial charge in [-0.25, -0.2) is 0 Å². The lowest BCUT2D eigenvalue weighted by atomic mass is 10.0. The Balaban J connectivity index is 1.75. The number of furan rings is 1. The van der Waals surface area contributed by atoms with Gasteiger partial charge in [0.1, 0.15) is 11.9 Å². The first-order valence-electron chi connectivity index (χ1n) is 8.29. The van der Waals surface area contributed by atoms with Crippen molar-refractivity contribution < 1.29 is 14.3 Å². The summed E-state index contributed by atoms with van der Waals surface area (Å²) in [4.78, 5) is 14.8. The molecule has 0 saturated carbocycles. The van der Waals surface area contributed by atoms with Crippen molar-refractivity contribution in [1.82, 2.24) is 9.47 Å². The van der Waals surface area contributed by atoms with E-state index in [1.165, 1.54) is 0 Å². The zero-order valence-electron chi connectivity index (χ0n) is 13.5. The lowest BCUT2D eigenvalue weighted by Crippen LogP contribution is -2.40. The number of carbonyl (C=O) groups excluding carboxylic acids is 1. The molecule has 23 heavy (non-hydrogen) atoms. The number of aliphatic hydroxyl groups is 1. The number of aliphatic hydroxyl groups excluding tert-OH is 1. The van der Waals surface area contributed by atoms with Crippen LogP contribution in [0.5, 0.6) is 0 Å². The van der Waals surface area contributed by atoms with E-state index < -0.39 is 6.10 Å². The Morgan fingerprint density at radius 1 is 1.39 bits per heavy atom. The van der Waals surface area contributed by atoms with Crippen molar-refractivity contribution in [3.63, 3.8) is 0 Å². The topological polar surface area (TPSA) is 58.6 Å². The number of rotatable bonds is 4. The summed E-state index contributed by atoms with van der Waals surface area (Å²) in [5.74, 6) is 0.630. The van der Waals surface area contributed by atoms with Gasteiger partial charge in [0.05, 0.1) is 11.8 Å². The van der Waals surface area contributed by atoms with Crippen LogP contribution in [0.15, 0.2) is 41.3 Å². The van der Waals surface area contributed by atoms with E-state index in [2.05, 4.69) is 0 Å². The number of likely N-dealkylation sites (tertiary alicyclic amines) is 1. The Kier molecular flexibility index (Phi) is 4.86. The molecular formula is C18H24N2O3. The fraction of sp³-hybridized carbons (Fsp3) is 0.500. The molecule has 0 aromatic carbocycles. The van der Waals surface area contributed by atoms with Gasteiger partial charge < -0.3 is 19.0 Å². The van der Waals surface area contributed by atoms with Crippen LogP contribution in [0.2, 0.25) is 0 Å². The molecule has 1 saturated heterocycles. The van der Waals surface area contributed by atoms with Gasteiger partial charge in [-0.15, -0.1) is 0 Å². The normalized spacial score (nSPS) is 20.3. The van der Waals surface area contributed by atoms with Crippen LogP contribution in [-0.2, 0) is 7.05 Å². The predicted octanol–water partition coefficient (Wildman–Crippen LogP) is 3.13. The van der Waals surface area contributed by atoms with Crippen LogP contribution < -0.4 is 0 Å². The van der Waals surface area contributed by atoms with Crippen LogP contribution >= 0.6 is 0 Å². The van der Waals surface area contributed by atoms with E-state index in [1.54, 1.807) is 18.4 Å². The van der Waals surface area contributed by atoms with Crippen LogP contribution in [-0.4, -0.2) is 33.1 Å². The Labute approximate surface area is 136 Å². The maximum absolute atomic E-state index is 12.9. The lowest BCUT2D eigenvalue weighted by molar-refractivity contribution is 0.0557. The van der Waals surface area contributed by atoms with E-state index in [0.717, 1.165) is 32.2 Å². The molecule has 0 bridgehead atoms. The number of nitrogens with zero attached hydrogens (tertiary/aromatic N) is 2. The van der Waals surface area contributed by atoms with Crippen molar-refractivity contribution >= 4 is 5.91 Å². The molecule has 5 heteroatoms. The minimum atomic E-state index is -0.667. The van der Waals surface area contributed by atoms with E-state index >= 15 is 0 Å². The first-order valence-corrected chi connectivity index (χ1v) is 8.29. The molecule has 0 radical (unpaired) electrons. The van der Waals surface area contributed by atoms with Gasteiger partial charge in [-0.3, -0.25) is 4.79 Å². The van der Waals surface area contributed by atoms with Gasteiger partial charge in [-0.2, -0.15) is 0 Å². The van der Waals surface area contributed by atoms with Crippen LogP contribution in [0.3, 0.4) is 0 Å². The highest BCUT2D eigenvalue weighted by molar-refractivity contribution is 5.94. The molecule has 1 fully saturated rings. The molecule has 3 heterocycles. The summed E-state index contributed by atoms with van der Waals surface area (Å²) in [6.07, 6.45) is 9.33. The van der Waals surface area contributed by atoms with Crippen LogP contribution in [0.1, 0.15) is 54.3 Å². The van der Waals surface area contributed by atoms with E-state index in [9.17, 15) is 9.90 Å². The summed E-state index contributed by atoms with van der Waals surface area (Å²) in [7, 11) is 1.91. The van der Waals surface area contributed by atoms with Gasteiger partial charge in [-0.05, 0) is 31.0 Å². The average Bonchev–Trinajstić information content (AvgIpc) is 3.16. The van der Waals surface area contributed by atoms with Crippen LogP contribution in [0.25, 0.3) is 0 Å². The summed E-state index contributed by atoms with van der Waals surface area (Å²) in [6.45, 7) is 0.753. The second-order valence-corrected chi connectivity index (χ2v) is 6.33. The summed E-state index contributed by atoms with van der Waals surface area (Å²) in [6, 6.07) is 5.46. The zero-order chi connectivity index (χ0) is 16.2. The zero-order valence-corrected chi connectivity index (χ0v) is 13.5. The smallest absolute Gasteiger partial charge is 0.255 e. The molecule has 3 rings (SSSR count). The Morgan fingerprint density at radius 2 is 2.26 bits per heavy atom. The highest BCUT2D eigenvalue weighted by Crippen LogP contribution is 2.27. The maximum atomic E-state index is 12.9. The molecule has 1 aliphatic rings. The summed E-state index contributed by atoms with van der Waals surface area (Å²) in [5, 5.41) is 10.4. The van der Waals surface area contributed by atoms with E-state index in [1.807, 2.05) is 35.0 Å². The molecular weight excluding hydrogens is 292 g/mol. The standard InChI is InChI=1S/C18H24N2O3/c1-19-10-8-14(13-19)18(22)20-9-4-2-3-6-15(20)12-16(21)17-7-5-11-23-17/h5,7-8,10-11,13,15-16,21H,2-4,6,9,12H2,1H3/t15-,16-/m1/s1. The lowest BCUT2D eigenvalue weighted by Gasteiger charge is -2.31. The summed E-state index contributed by atoms with van der Waals surface area (Å²) < 4.78 is 7.18. The molecule has 5 nitrogen and oxygen atoms in total. The van der Waals surface area contributed by atoms with Gasteiger partial charge in [0.25, 0.3) is 5.91 Å². The van der Waals surface area contributed by atoms with Crippen molar-refractivity contribution in [2.75, 3.05) is 6.54 Å². The van der Waals surface area contributed by atoms with Gasteiger partial charge in [-0.1, -0.05) is 12.8 Å². The molecule has 2 atom stereocenters. The van der Waals surface area contributed by atoms with Crippen LogP contribution in [0, 0.1) is 0 Å². The van der Waals surface area contributed by atoms with Crippen LogP contribution in [0.4, 0.5) is 0 Å². The quantitative estimate of drug-likeness (QED) is 0.943. The van der Waals surface area contributed by atoms with Crippen molar-refractivity contribution in [1.29, 1.82) is 0 Å². The molecule has 1 amide bonds. The third kappa shape index (κ3) is 3.67. The molecule has 0 spiro atoms. The SMILES string of the molecule is Cn1ccc(C(=O)N2CCCCC[C@@H]2C[C@@H](O)c2ccco2)c1. The molecule has 124 valence electrons. The third-order valence-corrected chi connectivity index (χ3v) is 4.58. The fourth-order valence-corrected chi connectivity index (χ4v) is 3.34. The highest BCUT2D eigenvalue weighted by atomic mass is 16.4. The summed E-state index contributed by atoms with van der Waals surface area (Å²) >= 11 is 0. The first-order chi connectivity index (χ1) is 11.1. The largest absolute Gasteiger partial charge is 0.467 e. The molecule has 2 aromatic rings. The molecule has 1 aliphatic heterocycles. The number of amides is 1. The van der Waals surface area contributed by atoms with Crippen molar-refractivity contribution in [2.24, 2.45) is 7.05 Å². The van der Waals surface area contributed by atoms with Gasteiger partial charge >= 0.3 is 0 Å². The number of aromatic nitrogens is 1. The van der Waals surface area contributed by atoms with E-state index in [-0.39, 0.29) is 11.9 Å². The second kappa shape index (κ2) is 7.04.